The predicted molar refractivity (Wildman–Crippen MR) is 103 cm³/mol. The van der Waals surface area contributed by atoms with Crippen LogP contribution in [0.5, 0.6) is 0 Å². The molecule has 1 atom stereocenters. The minimum atomic E-state index is -0.486. The van der Waals surface area contributed by atoms with Crippen LogP contribution in [0.15, 0.2) is 5.16 Å². The Kier molecular flexibility index (Phi) is 7.00. The zero-order valence-corrected chi connectivity index (χ0v) is 17.6. The summed E-state index contributed by atoms with van der Waals surface area (Å²) in [6, 6.07) is 0. The maximum absolute atomic E-state index is 12.9. The van der Waals surface area contributed by atoms with Crippen LogP contribution in [0.4, 0.5) is 0 Å². The fourth-order valence-electron chi connectivity index (χ4n) is 2.76. The van der Waals surface area contributed by atoms with Crippen LogP contribution in [0.3, 0.4) is 0 Å². The van der Waals surface area contributed by atoms with E-state index in [9.17, 15) is 14.4 Å². The lowest BCUT2D eigenvalue weighted by atomic mass is 10.1. The molecule has 9 nitrogen and oxygen atoms in total. The SMILES string of the molecule is CCOC(=O)Cc1nnc(S[C@H](C)C(=O)c2[nH]c(C)c(C(=O)OC)c2C)n1C. The molecule has 0 fully saturated rings. The van der Waals surface area contributed by atoms with Gasteiger partial charge >= 0.3 is 11.9 Å². The van der Waals surface area contributed by atoms with Crippen molar-refractivity contribution in [3.8, 4) is 0 Å². The third kappa shape index (κ3) is 4.44. The van der Waals surface area contributed by atoms with Crippen LogP contribution in [0, 0.1) is 13.8 Å². The smallest absolute Gasteiger partial charge is 0.339 e. The molecule has 0 aliphatic rings. The summed E-state index contributed by atoms with van der Waals surface area (Å²) in [4.78, 5) is 39.4. The summed E-state index contributed by atoms with van der Waals surface area (Å²) in [5.74, 6) is -0.579. The molecule has 0 spiro atoms. The van der Waals surface area contributed by atoms with Gasteiger partial charge < -0.3 is 19.0 Å². The van der Waals surface area contributed by atoms with Crippen LogP contribution < -0.4 is 0 Å². The van der Waals surface area contributed by atoms with Crippen molar-refractivity contribution in [2.75, 3.05) is 13.7 Å². The largest absolute Gasteiger partial charge is 0.466 e. The summed E-state index contributed by atoms with van der Waals surface area (Å²) in [6.45, 7) is 7.21. The van der Waals surface area contributed by atoms with Gasteiger partial charge in [-0.25, -0.2) is 4.79 Å². The summed E-state index contributed by atoms with van der Waals surface area (Å²) >= 11 is 1.22. The van der Waals surface area contributed by atoms with Gasteiger partial charge in [-0.1, -0.05) is 11.8 Å². The number of hydrogen-bond donors (Lipinski definition) is 1. The van der Waals surface area contributed by atoms with Crippen molar-refractivity contribution in [3.63, 3.8) is 0 Å². The number of Topliss-reactive ketones (excluding diaryl/α,β-unsaturated/α-hetero) is 1. The van der Waals surface area contributed by atoms with Crippen molar-refractivity contribution >= 4 is 29.5 Å². The second-order valence-electron chi connectivity index (χ2n) is 6.18. The third-order valence-corrected chi connectivity index (χ3v) is 5.39. The highest BCUT2D eigenvalue weighted by Crippen LogP contribution is 2.27. The molecule has 28 heavy (non-hydrogen) atoms. The summed E-state index contributed by atoms with van der Waals surface area (Å²) in [7, 11) is 3.03. The average Bonchev–Trinajstić information content (AvgIpc) is 3.14. The number of carbonyl (C=O) groups excluding carboxylic acids is 3. The maximum Gasteiger partial charge on any atom is 0.339 e. The number of methoxy groups -OCH3 is 1. The minimum absolute atomic E-state index is 0.0116. The molecule has 2 aromatic heterocycles. The molecule has 0 radical (unpaired) electrons. The molecular formula is C18H24N4O5S. The Balaban J connectivity index is 2.17. The van der Waals surface area contributed by atoms with Crippen molar-refractivity contribution in [2.24, 2.45) is 7.05 Å². The van der Waals surface area contributed by atoms with E-state index in [4.69, 9.17) is 9.47 Å². The number of carbonyl (C=O) groups is 3. The Bertz CT molecular complexity index is 902. The van der Waals surface area contributed by atoms with Crippen molar-refractivity contribution in [3.05, 3.63) is 28.3 Å². The number of nitrogens with one attached hydrogen (secondary N) is 1. The van der Waals surface area contributed by atoms with Crippen molar-refractivity contribution in [1.82, 2.24) is 19.7 Å². The van der Waals surface area contributed by atoms with Crippen LogP contribution in [-0.4, -0.2) is 56.4 Å². The maximum atomic E-state index is 12.9. The average molecular weight is 408 g/mol. The van der Waals surface area contributed by atoms with E-state index in [-0.39, 0.29) is 18.2 Å². The summed E-state index contributed by atoms with van der Waals surface area (Å²) < 4.78 is 11.4. The van der Waals surface area contributed by atoms with Crippen LogP contribution in [0.1, 0.15) is 51.8 Å². The van der Waals surface area contributed by atoms with E-state index in [2.05, 4.69) is 15.2 Å². The second kappa shape index (κ2) is 9.05. The molecule has 10 heteroatoms. The lowest BCUT2D eigenvalue weighted by Gasteiger charge is -2.10. The zero-order valence-electron chi connectivity index (χ0n) is 16.8. The number of H-pyrrole nitrogens is 1. The van der Waals surface area contributed by atoms with Gasteiger partial charge in [0.1, 0.15) is 12.2 Å². The normalized spacial score (nSPS) is 11.9. The highest BCUT2D eigenvalue weighted by atomic mass is 32.2. The Morgan fingerprint density at radius 2 is 1.93 bits per heavy atom. The van der Waals surface area contributed by atoms with Gasteiger partial charge in [0.25, 0.3) is 0 Å². The number of rotatable bonds is 8. The molecule has 0 bridgehead atoms. The zero-order chi connectivity index (χ0) is 21.0. The standard InChI is InChI=1S/C18H24N4O5S/c1-7-27-13(23)8-12-20-21-18(22(12)5)28-11(4)16(24)15-9(2)14(10(3)19-15)17(25)26-6/h11,19H,7-8H2,1-6H3/t11-/m1/s1. The molecule has 0 saturated heterocycles. The van der Waals surface area contributed by atoms with E-state index >= 15 is 0 Å². The van der Waals surface area contributed by atoms with Crippen molar-refractivity contribution < 1.29 is 23.9 Å². The Labute approximate surface area is 167 Å². The van der Waals surface area contributed by atoms with Crippen LogP contribution in [0.25, 0.3) is 0 Å². The topological polar surface area (TPSA) is 116 Å². The first-order valence-corrected chi connectivity index (χ1v) is 9.61. The van der Waals surface area contributed by atoms with E-state index in [0.717, 1.165) is 0 Å². The second-order valence-corrected chi connectivity index (χ2v) is 7.49. The van der Waals surface area contributed by atoms with Crippen LogP contribution in [-0.2, 0) is 27.7 Å². The van der Waals surface area contributed by atoms with Gasteiger partial charge in [0.05, 0.1) is 30.2 Å². The van der Waals surface area contributed by atoms with Gasteiger partial charge in [-0.05, 0) is 33.3 Å². The molecule has 2 aromatic rings. The van der Waals surface area contributed by atoms with Gasteiger partial charge in [-0.15, -0.1) is 10.2 Å². The summed E-state index contributed by atoms with van der Waals surface area (Å²) in [6.07, 6.45) is 0.0116. The molecule has 2 heterocycles. The highest BCUT2D eigenvalue weighted by Gasteiger charge is 2.27. The van der Waals surface area contributed by atoms with Gasteiger partial charge in [-0.2, -0.15) is 0 Å². The number of aromatic nitrogens is 4. The number of aryl methyl sites for hydroxylation is 1. The van der Waals surface area contributed by atoms with Gasteiger partial charge in [-0.3, -0.25) is 9.59 Å². The van der Waals surface area contributed by atoms with Gasteiger partial charge in [0.15, 0.2) is 10.9 Å². The number of thioether (sulfide) groups is 1. The third-order valence-electron chi connectivity index (χ3n) is 4.26. The monoisotopic (exact) mass is 408 g/mol. The van der Waals surface area contributed by atoms with E-state index in [1.165, 1.54) is 18.9 Å². The van der Waals surface area contributed by atoms with Crippen molar-refractivity contribution in [2.45, 2.75) is 44.5 Å². The van der Waals surface area contributed by atoms with Crippen LogP contribution >= 0.6 is 11.8 Å². The molecule has 1 N–H and O–H groups in total. The summed E-state index contributed by atoms with van der Waals surface area (Å²) in [5.41, 5.74) is 1.88. The number of ether oxygens (including phenoxy) is 2. The highest BCUT2D eigenvalue weighted by molar-refractivity contribution is 8.00. The fourth-order valence-corrected chi connectivity index (χ4v) is 3.65. The Hall–Kier alpha value is -2.62. The number of ketones is 1. The summed E-state index contributed by atoms with van der Waals surface area (Å²) in [5, 5.41) is 8.09. The van der Waals surface area contributed by atoms with E-state index in [1.807, 2.05) is 0 Å². The lowest BCUT2D eigenvalue weighted by molar-refractivity contribution is -0.142. The number of aromatic amines is 1. The molecule has 0 aliphatic heterocycles. The molecule has 0 aromatic carbocycles. The first-order chi connectivity index (χ1) is 13.2. The molecular weight excluding hydrogens is 384 g/mol. The minimum Gasteiger partial charge on any atom is -0.466 e. The number of hydrogen-bond acceptors (Lipinski definition) is 8. The molecule has 0 aliphatic carbocycles. The molecule has 0 amide bonds. The predicted octanol–water partition coefficient (Wildman–Crippen LogP) is 2.02. The lowest BCUT2D eigenvalue weighted by Crippen LogP contribution is -2.17. The van der Waals surface area contributed by atoms with Crippen LogP contribution in [0.2, 0.25) is 0 Å². The van der Waals surface area contributed by atoms with E-state index in [1.54, 1.807) is 39.3 Å². The Morgan fingerprint density at radius 1 is 1.25 bits per heavy atom. The fraction of sp³-hybridized carbons (Fsp3) is 0.500. The number of nitrogens with zero attached hydrogens (tertiary/aromatic N) is 3. The van der Waals surface area contributed by atoms with E-state index < -0.39 is 11.2 Å². The van der Waals surface area contributed by atoms with Gasteiger partial charge in [0.2, 0.25) is 0 Å². The van der Waals surface area contributed by atoms with Crippen molar-refractivity contribution in [1.29, 1.82) is 0 Å². The molecule has 0 saturated carbocycles. The Morgan fingerprint density at radius 3 is 2.54 bits per heavy atom. The van der Waals surface area contributed by atoms with Gasteiger partial charge in [0, 0.05) is 12.7 Å². The first-order valence-electron chi connectivity index (χ1n) is 8.73. The molecule has 2 rings (SSSR count). The molecule has 152 valence electrons. The molecule has 0 unspecified atom stereocenters. The number of esters is 2. The first kappa shape index (κ1) is 21.7. The quantitative estimate of drug-likeness (QED) is 0.401. The van der Waals surface area contributed by atoms with E-state index in [0.29, 0.717) is 40.1 Å².